The Bertz CT molecular complexity index is 662. The summed E-state index contributed by atoms with van der Waals surface area (Å²) in [6.07, 6.45) is 0. The number of nitrogens with one attached hydrogen (secondary N) is 2. The van der Waals surface area contributed by atoms with E-state index >= 15 is 0 Å². The molecule has 0 bridgehead atoms. The summed E-state index contributed by atoms with van der Waals surface area (Å²) in [7, 11) is 0. The summed E-state index contributed by atoms with van der Waals surface area (Å²) < 4.78 is 32.2. The highest BCUT2D eigenvalue weighted by Gasteiger charge is 2.05. The lowest BCUT2D eigenvalue weighted by molar-refractivity contribution is -0.114. The van der Waals surface area contributed by atoms with Crippen LogP contribution in [0.1, 0.15) is 6.92 Å². The number of halogens is 2. The first-order chi connectivity index (χ1) is 10.6. The second kappa shape index (κ2) is 7.40. The van der Waals surface area contributed by atoms with E-state index in [1.54, 1.807) is 12.1 Å². The Labute approximate surface area is 127 Å². The number of benzene rings is 2. The van der Waals surface area contributed by atoms with Gasteiger partial charge in [-0.1, -0.05) is 12.1 Å². The number of amides is 1. The molecule has 4 nitrogen and oxygen atoms in total. The van der Waals surface area contributed by atoms with Gasteiger partial charge in [-0.15, -0.1) is 0 Å². The maximum Gasteiger partial charge on any atom is 0.221 e. The molecule has 0 heterocycles. The molecule has 0 radical (unpaired) electrons. The molecule has 0 atom stereocenters. The number of ether oxygens (including phenoxy) is 1. The van der Waals surface area contributed by atoms with Crippen molar-refractivity contribution in [3.05, 3.63) is 54.1 Å². The van der Waals surface area contributed by atoms with Gasteiger partial charge in [-0.2, -0.15) is 0 Å². The summed E-state index contributed by atoms with van der Waals surface area (Å²) in [4.78, 5) is 11.0. The van der Waals surface area contributed by atoms with E-state index in [1.807, 2.05) is 0 Å². The van der Waals surface area contributed by atoms with E-state index < -0.39 is 11.6 Å². The van der Waals surface area contributed by atoms with Crippen LogP contribution < -0.4 is 15.4 Å². The summed E-state index contributed by atoms with van der Waals surface area (Å²) in [5.74, 6) is -0.974. The third-order valence-corrected chi connectivity index (χ3v) is 2.80. The van der Waals surface area contributed by atoms with Crippen LogP contribution in [0.2, 0.25) is 0 Å². The van der Waals surface area contributed by atoms with Gasteiger partial charge in [0.05, 0.1) is 5.69 Å². The van der Waals surface area contributed by atoms with Gasteiger partial charge in [0.1, 0.15) is 12.4 Å². The first kappa shape index (κ1) is 15.8. The number of carbonyl (C=O) groups excluding carboxylic acids is 1. The molecular weight excluding hydrogens is 290 g/mol. The molecule has 0 spiro atoms. The van der Waals surface area contributed by atoms with Crippen LogP contribution in [0.15, 0.2) is 42.5 Å². The fourth-order valence-electron chi connectivity index (χ4n) is 1.85. The third kappa shape index (κ3) is 4.44. The lowest BCUT2D eigenvalue weighted by Gasteiger charge is -2.11. The van der Waals surface area contributed by atoms with Crippen LogP contribution in [0.5, 0.6) is 5.75 Å². The molecule has 0 aliphatic carbocycles. The van der Waals surface area contributed by atoms with Crippen LogP contribution in [-0.4, -0.2) is 19.1 Å². The standard InChI is InChI=1S/C16H16F2N2O2/c1-11(21)20-12-6-7-13(17)15(10-12)19-8-9-22-16-5-3-2-4-14(16)18/h2-7,10,19H,8-9H2,1H3,(H,20,21). The molecule has 0 aliphatic rings. The highest BCUT2D eigenvalue weighted by molar-refractivity contribution is 5.89. The second-order valence-electron chi connectivity index (χ2n) is 4.58. The number of para-hydroxylation sites is 1. The first-order valence-electron chi connectivity index (χ1n) is 6.74. The van der Waals surface area contributed by atoms with Crippen LogP contribution in [0.3, 0.4) is 0 Å². The van der Waals surface area contributed by atoms with Crippen molar-refractivity contribution in [1.29, 1.82) is 0 Å². The monoisotopic (exact) mass is 306 g/mol. The van der Waals surface area contributed by atoms with E-state index in [0.29, 0.717) is 5.69 Å². The van der Waals surface area contributed by atoms with Crippen molar-refractivity contribution < 1.29 is 18.3 Å². The number of carbonyl (C=O) groups is 1. The molecule has 116 valence electrons. The van der Waals surface area contributed by atoms with Crippen molar-refractivity contribution in [2.45, 2.75) is 6.92 Å². The van der Waals surface area contributed by atoms with Gasteiger partial charge in [-0.05, 0) is 30.3 Å². The topological polar surface area (TPSA) is 50.4 Å². The van der Waals surface area contributed by atoms with E-state index in [2.05, 4.69) is 10.6 Å². The zero-order valence-electron chi connectivity index (χ0n) is 12.0. The fraction of sp³-hybridized carbons (Fsp3) is 0.188. The molecule has 0 saturated carbocycles. The number of rotatable bonds is 6. The molecule has 22 heavy (non-hydrogen) atoms. The SMILES string of the molecule is CC(=O)Nc1ccc(F)c(NCCOc2ccccc2F)c1. The van der Waals surface area contributed by atoms with Crippen LogP contribution in [0.4, 0.5) is 20.2 Å². The minimum Gasteiger partial charge on any atom is -0.489 e. The maximum absolute atomic E-state index is 13.6. The normalized spacial score (nSPS) is 10.1. The average Bonchev–Trinajstić information content (AvgIpc) is 2.48. The van der Waals surface area contributed by atoms with Gasteiger partial charge in [0, 0.05) is 19.2 Å². The largest absolute Gasteiger partial charge is 0.489 e. The summed E-state index contributed by atoms with van der Waals surface area (Å²) in [5.41, 5.74) is 0.731. The molecule has 0 aliphatic heterocycles. The van der Waals surface area contributed by atoms with Crippen LogP contribution in [-0.2, 0) is 4.79 Å². The highest BCUT2D eigenvalue weighted by Crippen LogP contribution is 2.20. The molecule has 0 saturated heterocycles. The molecule has 0 fully saturated rings. The zero-order chi connectivity index (χ0) is 15.9. The average molecular weight is 306 g/mol. The summed E-state index contributed by atoms with van der Waals surface area (Å²) in [5, 5.41) is 5.41. The van der Waals surface area contributed by atoms with Crippen molar-refractivity contribution in [3.63, 3.8) is 0 Å². The first-order valence-corrected chi connectivity index (χ1v) is 6.74. The van der Waals surface area contributed by atoms with E-state index in [0.717, 1.165) is 0 Å². The summed E-state index contributed by atoms with van der Waals surface area (Å²) in [6, 6.07) is 10.3. The van der Waals surface area contributed by atoms with Gasteiger partial charge in [-0.25, -0.2) is 8.78 Å². The van der Waals surface area contributed by atoms with Crippen LogP contribution >= 0.6 is 0 Å². The Balaban J connectivity index is 1.88. The van der Waals surface area contributed by atoms with Crippen molar-refractivity contribution in [2.75, 3.05) is 23.8 Å². The van der Waals surface area contributed by atoms with E-state index in [1.165, 1.54) is 37.3 Å². The van der Waals surface area contributed by atoms with Crippen molar-refractivity contribution in [3.8, 4) is 5.75 Å². The molecular formula is C16H16F2N2O2. The molecule has 2 N–H and O–H groups in total. The Hall–Kier alpha value is -2.63. The Morgan fingerprint density at radius 2 is 1.91 bits per heavy atom. The lowest BCUT2D eigenvalue weighted by Crippen LogP contribution is -2.13. The Morgan fingerprint density at radius 3 is 2.64 bits per heavy atom. The number of hydrogen-bond acceptors (Lipinski definition) is 3. The molecule has 0 aromatic heterocycles. The van der Waals surface area contributed by atoms with Crippen LogP contribution in [0, 0.1) is 11.6 Å². The molecule has 2 rings (SSSR count). The van der Waals surface area contributed by atoms with Gasteiger partial charge >= 0.3 is 0 Å². The highest BCUT2D eigenvalue weighted by atomic mass is 19.1. The predicted octanol–water partition coefficient (Wildman–Crippen LogP) is 3.41. The zero-order valence-corrected chi connectivity index (χ0v) is 12.0. The molecule has 6 heteroatoms. The number of anilines is 2. The van der Waals surface area contributed by atoms with E-state index in [9.17, 15) is 13.6 Å². The van der Waals surface area contributed by atoms with Gasteiger partial charge in [0.25, 0.3) is 0 Å². The van der Waals surface area contributed by atoms with Crippen molar-refractivity contribution >= 4 is 17.3 Å². The number of hydrogen-bond donors (Lipinski definition) is 2. The quantitative estimate of drug-likeness (QED) is 0.804. The Morgan fingerprint density at radius 1 is 1.14 bits per heavy atom. The van der Waals surface area contributed by atoms with Gasteiger partial charge in [0.2, 0.25) is 5.91 Å². The van der Waals surface area contributed by atoms with Gasteiger partial charge in [-0.3, -0.25) is 4.79 Å². The Kier molecular flexibility index (Phi) is 5.30. The minimum atomic E-state index is -0.444. The third-order valence-electron chi connectivity index (χ3n) is 2.80. The summed E-state index contributed by atoms with van der Waals surface area (Å²) >= 11 is 0. The van der Waals surface area contributed by atoms with Crippen LogP contribution in [0.25, 0.3) is 0 Å². The lowest BCUT2D eigenvalue weighted by atomic mass is 10.2. The minimum absolute atomic E-state index is 0.150. The maximum atomic E-state index is 13.6. The van der Waals surface area contributed by atoms with Gasteiger partial charge in [0.15, 0.2) is 11.6 Å². The fourth-order valence-corrected chi connectivity index (χ4v) is 1.85. The van der Waals surface area contributed by atoms with Crippen molar-refractivity contribution in [2.24, 2.45) is 0 Å². The van der Waals surface area contributed by atoms with Crippen molar-refractivity contribution in [1.82, 2.24) is 0 Å². The summed E-state index contributed by atoms with van der Waals surface area (Å²) in [6.45, 7) is 1.83. The molecule has 2 aromatic rings. The molecule has 2 aromatic carbocycles. The molecule has 1 amide bonds. The second-order valence-corrected chi connectivity index (χ2v) is 4.58. The predicted molar refractivity (Wildman–Crippen MR) is 81.1 cm³/mol. The van der Waals surface area contributed by atoms with E-state index in [4.69, 9.17) is 4.74 Å². The smallest absolute Gasteiger partial charge is 0.221 e. The van der Waals surface area contributed by atoms with E-state index in [-0.39, 0.29) is 30.5 Å². The van der Waals surface area contributed by atoms with Gasteiger partial charge < -0.3 is 15.4 Å². The molecule has 0 unspecified atom stereocenters.